The predicted octanol–water partition coefficient (Wildman–Crippen LogP) is 5.11. The second-order valence-corrected chi connectivity index (χ2v) is 6.13. The number of pyridine rings is 1. The Balaban J connectivity index is 2.09. The zero-order valence-electron chi connectivity index (χ0n) is 12.1. The highest BCUT2D eigenvalue weighted by molar-refractivity contribution is 7.99. The second kappa shape index (κ2) is 5.68. The van der Waals surface area contributed by atoms with Gasteiger partial charge in [0.25, 0.3) is 5.92 Å². The maximum atomic E-state index is 13.4. The van der Waals surface area contributed by atoms with Crippen LogP contribution in [0.25, 0.3) is 22.6 Å². The lowest BCUT2D eigenvalue weighted by atomic mass is 10.1. The van der Waals surface area contributed by atoms with Crippen LogP contribution in [0.1, 0.15) is 19.4 Å². The lowest BCUT2D eigenvalue weighted by Gasteiger charge is -2.09. The zero-order valence-corrected chi connectivity index (χ0v) is 13.0. The van der Waals surface area contributed by atoms with E-state index >= 15 is 0 Å². The van der Waals surface area contributed by atoms with Gasteiger partial charge in [-0.3, -0.25) is 0 Å². The highest BCUT2D eigenvalue weighted by atomic mass is 32.2. The van der Waals surface area contributed by atoms with Gasteiger partial charge >= 0.3 is 0 Å². The number of oxazole rings is 1. The molecule has 0 aliphatic rings. The summed E-state index contributed by atoms with van der Waals surface area (Å²) >= 11 is 1.58. The molecule has 6 heteroatoms. The first-order valence-corrected chi connectivity index (χ1v) is 7.84. The van der Waals surface area contributed by atoms with Crippen LogP contribution < -0.4 is 0 Å². The van der Waals surface area contributed by atoms with Crippen molar-refractivity contribution in [1.29, 1.82) is 0 Å². The average molecular weight is 320 g/mol. The number of aromatic nitrogens is 2. The predicted molar refractivity (Wildman–Crippen MR) is 83.2 cm³/mol. The van der Waals surface area contributed by atoms with Crippen molar-refractivity contribution < 1.29 is 13.2 Å². The van der Waals surface area contributed by atoms with Gasteiger partial charge in [-0.1, -0.05) is 6.92 Å². The van der Waals surface area contributed by atoms with Crippen molar-refractivity contribution in [3.05, 3.63) is 42.1 Å². The Morgan fingerprint density at radius 1 is 1.27 bits per heavy atom. The quantitative estimate of drug-likeness (QED) is 0.626. The van der Waals surface area contributed by atoms with Crippen LogP contribution in [-0.2, 0) is 5.92 Å². The van der Waals surface area contributed by atoms with Crippen molar-refractivity contribution in [1.82, 2.24) is 9.97 Å². The van der Waals surface area contributed by atoms with E-state index in [0.717, 1.165) is 23.3 Å². The van der Waals surface area contributed by atoms with Crippen molar-refractivity contribution in [3.8, 4) is 11.5 Å². The molecule has 0 atom stereocenters. The SMILES string of the molecule is CCSc1ncccc1-c1nc2cc(C(C)(F)F)ccc2o1. The summed E-state index contributed by atoms with van der Waals surface area (Å²) in [7, 11) is 0. The van der Waals surface area contributed by atoms with Crippen molar-refractivity contribution in [3.63, 3.8) is 0 Å². The first kappa shape index (κ1) is 15.0. The summed E-state index contributed by atoms with van der Waals surface area (Å²) in [6.07, 6.45) is 1.71. The number of thioether (sulfide) groups is 1. The van der Waals surface area contributed by atoms with Crippen molar-refractivity contribution in [2.24, 2.45) is 0 Å². The zero-order chi connectivity index (χ0) is 15.7. The number of halogens is 2. The minimum atomic E-state index is -2.90. The summed E-state index contributed by atoms with van der Waals surface area (Å²) < 4.78 is 32.5. The summed E-state index contributed by atoms with van der Waals surface area (Å²) in [5.41, 5.74) is 1.61. The van der Waals surface area contributed by atoms with Crippen LogP contribution in [0.3, 0.4) is 0 Å². The Kier molecular flexibility index (Phi) is 3.87. The minimum absolute atomic E-state index is 0.0748. The third-order valence-electron chi connectivity index (χ3n) is 3.18. The van der Waals surface area contributed by atoms with Crippen LogP contribution in [-0.4, -0.2) is 15.7 Å². The van der Waals surface area contributed by atoms with Crippen molar-refractivity contribution >= 4 is 22.9 Å². The Hall–Kier alpha value is -1.95. The van der Waals surface area contributed by atoms with E-state index in [0.29, 0.717) is 17.0 Å². The smallest absolute Gasteiger partial charge is 0.270 e. The molecule has 0 aliphatic heterocycles. The molecule has 2 heterocycles. The molecule has 3 rings (SSSR count). The van der Waals surface area contributed by atoms with E-state index in [-0.39, 0.29) is 5.56 Å². The molecule has 3 nitrogen and oxygen atoms in total. The van der Waals surface area contributed by atoms with Gasteiger partial charge in [0, 0.05) is 18.7 Å². The number of nitrogens with zero attached hydrogens (tertiary/aromatic N) is 2. The molecule has 0 radical (unpaired) electrons. The highest BCUT2D eigenvalue weighted by Crippen LogP contribution is 2.33. The van der Waals surface area contributed by atoms with Gasteiger partial charge in [0.15, 0.2) is 5.58 Å². The maximum absolute atomic E-state index is 13.4. The molecule has 0 saturated heterocycles. The molecule has 114 valence electrons. The van der Waals surface area contributed by atoms with Gasteiger partial charge in [0.05, 0.1) is 5.56 Å². The maximum Gasteiger partial charge on any atom is 0.270 e. The molecular weight excluding hydrogens is 306 g/mol. The molecule has 0 unspecified atom stereocenters. The normalized spacial score (nSPS) is 12.0. The summed E-state index contributed by atoms with van der Waals surface area (Å²) in [4.78, 5) is 8.66. The Bertz CT molecular complexity index is 811. The van der Waals surface area contributed by atoms with E-state index in [1.807, 2.05) is 13.0 Å². The van der Waals surface area contributed by atoms with Gasteiger partial charge in [-0.2, -0.15) is 0 Å². The van der Waals surface area contributed by atoms with E-state index in [1.165, 1.54) is 18.2 Å². The standard InChI is InChI=1S/C16H14F2N2OS/c1-3-22-15-11(5-4-8-19-15)14-20-12-9-10(16(2,17)18)6-7-13(12)21-14/h4-9H,3H2,1-2H3. The number of benzene rings is 1. The van der Waals surface area contributed by atoms with Gasteiger partial charge in [0.2, 0.25) is 5.89 Å². The van der Waals surface area contributed by atoms with Crippen LogP contribution >= 0.6 is 11.8 Å². The molecule has 0 bridgehead atoms. The molecule has 3 aromatic rings. The Labute approximate surface area is 130 Å². The first-order valence-electron chi connectivity index (χ1n) is 6.86. The molecule has 0 spiro atoms. The molecule has 0 N–H and O–H groups in total. The fraction of sp³-hybridized carbons (Fsp3) is 0.250. The number of hydrogen-bond donors (Lipinski definition) is 0. The van der Waals surface area contributed by atoms with E-state index < -0.39 is 5.92 Å². The lowest BCUT2D eigenvalue weighted by Crippen LogP contribution is -2.06. The van der Waals surface area contributed by atoms with Gasteiger partial charge in [-0.25, -0.2) is 18.7 Å². The number of alkyl halides is 2. The number of rotatable bonds is 4. The van der Waals surface area contributed by atoms with Crippen molar-refractivity contribution in [2.75, 3.05) is 5.75 Å². The summed E-state index contributed by atoms with van der Waals surface area (Å²) in [6.45, 7) is 2.90. The lowest BCUT2D eigenvalue weighted by molar-refractivity contribution is 0.0176. The van der Waals surface area contributed by atoms with Crippen LogP contribution in [0.4, 0.5) is 8.78 Å². The second-order valence-electron chi connectivity index (χ2n) is 4.88. The fourth-order valence-corrected chi connectivity index (χ4v) is 2.84. The van der Waals surface area contributed by atoms with Gasteiger partial charge < -0.3 is 4.42 Å². The minimum Gasteiger partial charge on any atom is -0.436 e. The van der Waals surface area contributed by atoms with E-state index in [9.17, 15) is 8.78 Å². The Morgan fingerprint density at radius 2 is 2.09 bits per heavy atom. The van der Waals surface area contributed by atoms with Gasteiger partial charge in [-0.05, 0) is 36.1 Å². The molecule has 0 saturated carbocycles. The van der Waals surface area contributed by atoms with Gasteiger partial charge in [-0.15, -0.1) is 11.8 Å². The first-order chi connectivity index (χ1) is 10.5. The van der Waals surface area contributed by atoms with Crippen LogP contribution in [0, 0.1) is 0 Å². The summed E-state index contributed by atoms with van der Waals surface area (Å²) in [5.74, 6) is -1.63. The van der Waals surface area contributed by atoms with E-state index in [4.69, 9.17) is 4.42 Å². The molecule has 0 amide bonds. The number of hydrogen-bond acceptors (Lipinski definition) is 4. The largest absolute Gasteiger partial charge is 0.436 e. The summed E-state index contributed by atoms with van der Waals surface area (Å²) in [5, 5.41) is 0.817. The molecule has 2 aromatic heterocycles. The molecule has 1 aromatic carbocycles. The monoisotopic (exact) mass is 320 g/mol. The molecule has 22 heavy (non-hydrogen) atoms. The van der Waals surface area contributed by atoms with E-state index in [2.05, 4.69) is 9.97 Å². The summed E-state index contributed by atoms with van der Waals surface area (Å²) in [6, 6.07) is 7.93. The van der Waals surface area contributed by atoms with Crippen molar-refractivity contribution in [2.45, 2.75) is 24.8 Å². The highest BCUT2D eigenvalue weighted by Gasteiger charge is 2.25. The average Bonchev–Trinajstić information content (AvgIpc) is 2.90. The topological polar surface area (TPSA) is 38.9 Å². The molecule has 0 aliphatic carbocycles. The third kappa shape index (κ3) is 2.83. The van der Waals surface area contributed by atoms with Gasteiger partial charge in [0.1, 0.15) is 10.5 Å². The van der Waals surface area contributed by atoms with Crippen LogP contribution in [0.2, 0.25) is 0 Å². The number of fused-ring (bicyclic) bond motifs is 1. The van der Waals surface area contributed by atoms with E-state index in [1.54, 1.807) is 24.0 Å². The fourth-order valence-electron chi connectivity index (χ4n) is 2.12. The van der Waals surface area contributed by atoms with Crippen LogP contribution in [0.5, 0.6) is 0 Å². The van der Waals surface area contributed by atoms with Crippen LogP contribution in [0.15, 0.2) is 46.0 Å². The molecular formula is C16H14F2N2OS. The third-order valence-corrected chi connectivity index (χ3v) is 4.06. The Morgan fingerprint density at radius 3 is 2.82 bits per heavy atom. The molecule has 0 fully saturated rings.